The summed E-state index contributed by atoms with van der Waals surface area (Å²) in [7, 11) is 0. The minimum absolute atomic E-state index is 0.482. The molecule has 0 bridgehead atoms. The number of allylic oxidation sites excluding steroid dienone is 2. The van der Waals surface area contributed by atoms with Crippen LogP contribution in [0.3, 0.4) is 0 Å². The first kappa shape index (κ1) is 18.6. The second kappa shape index (κ2) is 9.44. The van der Waals surface area contributed by atoms with Crippen LogP contribution in [0.5, 0.6) is 0 Å². The Morgan fingerprint density at radius 1 is 0.731 bits per heavy atom. The molecule has 1 aliphatic heterocycles. The molecule has 2 heteroatoms. The minimum Gasteiger partial charge on any atom is -0.494 e. The molecule has 2 saturated carbocycles. The largest absolute Gasteiger partial charge is 0.494 e. The van der Waals surface area contributed by atoms with E-state index in [1.54, 1.807) is 5.57 Å². The molecule has 2 atom stereocenters. The van der Waals surface area contributed by atoms with E-state index in [0.29, 0.717) is 18.1 Å². The van der Waals surface area contributed by atoms with Crippen LogP contribution >= 0.6 is 0 Å². The Labute approximate surface area is 160 Å². The van der Waals surface area contributed by atoms with Crippen LogP contribution in [-0.4, -0.2) is 18.7 Å². The average Bonchev–Trinajstić information content (AvgIpc) is 2.88. The third-order valence-corrected chi connectivity index (χ3v) is 7.23. The normalized spacial score (nSPS) is 32.5. The lowest BCUT2D eigenvalue weighted by Gasteiger charge is -2.35. The van der Waals surface area contributed by atoms with Crippen LogP contribution < -0.4 is 5.32 Å². The molecule has 1 N–H and O–H groups in total. The van der Waals surface area contributed by atoms with Crippen molar-refractivity contribution in [3.8, 4) is 0 Å². The number of ether oxygens (including phenoxy) is 1. The van der Waals surface area contributed by atoms with Crippen molar-refractivity contribution in [3.63, 3.8) is 0 Å². The van der Waals surface area contributed by atoms with Gasteiger partial charge in [-0.1, -0.05) is 51.0 Å². The molecule has 0 aromatic rings. The molecule has 4 rings (SSSR count). The standard InChI is InChI=1S/C24H39NO/c1-2-5-11-19(12-6-3-1)20-17-23-22(15-9-10-16-25-23)24(18-20)26-21-13-7-4-8-14-21/h17-19,21-23,25H,1-16H2. The summed E-state index contributed by atoms with van der Waals surface area (Å²) in [6.45, 7) is 1.17. The van der Waals surface area contributed by atoms with Crippen LogP contribution in [0.15, 0.2) is 23.5 Å². The van der Waals surface area contributed by atoms with Gasteiger partial charge in [0, 0.05) is 12.0 Å². The fourth-order valence-electron chi connectivity index (χ4n) is 5.64. The van der Waals surface area contributed by atoms with E-state index >= 15 is 0 Å². The summed E-state index contributed by atoms with van der Waals surface area (Å²) in [6.07, 6.45) is 26.1. The van der Waals surface area contributed by atoms with Gasteiger partial charge in [0.15, 0.2) is 0 Å². The molecule has 0 aromatic heterocycles. The summed E-state index contributed by atoms with van der Waals surface area (Å²) < 4.78 is 6.71. The minimum atomic E-state index is 0.482. The van der Waals surface area contributed by atoms with Gasteiger partial charge in [0.2, 0.25) is 0 Å². The lowest BCUT2D eigenvalue weighted by molar-refractivity contribution is 0.0578. The molecule has 1 saturated heterocycles. The summed E-state index contributed by atoms with van der Waals surface area (Å²) in [5, 5.41) is 3.85. The van der Waals surface area contributed by atoms with E-state index < -0.39 is 0 Å². The average molecular weight is 358 g/mol. The van der Waals surface area contributed by atoms with Crippen LogP contribution in [0, 0.1) is 11.8 Å². The van der Waals surface area contributed by atoms with Gasteiger partial charge in [-0.15, -0.1) is 0 Å². The van der Waals surface area contributed by atoms with E-state index in [-0.39, 0.29) is 0 Å². The molecule has 0 spiro atoms. The zero-order valence-electron chi connectivity index (χ0n) is 16.7. The molecule has 3 fully saturated rings. The highest BCUT2D eigenvalue weighted by molar-refractivity contribution is 5.33. The maximum absolute atomic E-state index is 6.71. The van der Waals surface area contributed by atoms with E-state index in [1.807, 2.05) is 0 Å². The first-order valence-corrected chi connectivity index (χ1v) is 11.7. The zero-order chi connectivity index (χ0) is 17.6. The molecule has 26 heavy (non-hydrogen) atoms. The fraction of sp³-hybridized carbons (Fsp3) is 0.833. The van der Waals surface area contributed by atoms with E-state index in [0.717, 1.165) is 5.92 Å². The Kier molecular flexibility index (Phi) is 6.75. The van der Waals surface area contributed by atoms with Gasteiger partial charge in [0.25, 0.3) is 0 Å². The zero-order valence-corrected chi connectivity index (χ0v) is 16.7. The highest BCUT2D eigenvalue weighted by atomic mass is 16.5. The van der Waals surface area contributed by atoms with Crippen molar-refractivity contribution in [2.45, 2.75) is 108 Å². The molecular formula is C24H39NO. The molecule has 2 nitrogen and oxygen atoms in total. The van der Waals surface area contributed by atoms with Gasteiger partial charge >= 0.3 is 0 Å². The monoisotopic (exact) mass is 357 g/mol. The van der Waals surface area contributed by atoms with Gasteiger partial charge in [-0.25, -0.2) is 0 Å². The van der Waals surface area contributed by atoms with Crippen LogP contribution in [0.1, 0.15) is 96.3 Å². The summed E-state index contributed by atoms with van der Waals surface area (Å²) in [4.78, 5) is 0. The van der Waals surface area contributed by atoms with Crippen LogP contribution in [-0.2, 0) is 4.74 Å². The fourth-order valence-corrected chi connectivity index (χ4v) is 5.64. The van der Waals surface area contributed by atoms with Gasteiger partial charge < -0.3 is 10.1 Å². The van der Waals surface area contributed by atoms with Gasteiger partial charge in [0.05, 0.1) is 6.10 Å². The van der Waals surface area contributed by atoms with Crippen molar-refractivity contribution >= 4 is 0 Å². The quantitative estimate of drug-likeness (QED) is 0.642. The van der Waals surface area contributed by atoms with Gasteiger partial charge in [0.1, 0.15) is 5.76 Å². The molecule has 146 valence electrons. The topological polar surface area (TPSA) is 21.3 Å². The summed E-state index contributed by atoms with van der Waals surface area (Å²) in [5.74, 6) is 2.69. The second-order valence-corrected chi connectivity index (χ2v) is 9.22. The predicted octanol–water partition coefficient (Wildman–Crippen LogP) is 6.28. The third-order valence-electron chi connectivity index (χ3n) is 7.23. The van der Waals surface area contributed by atoms with Crippen LogP contribution in [0.25, 0.3) is 0 Å². The Morgan fingerprint density at radius 2 is 1.38 bits per heavy atom. The second-order valence-electron chi connectivity index (χ2n) is 9.22. The number of hydrogen-bond donors (Lipinski definition) is 1. The molecular weight excluding hydrogens is 318 g/mol. The lowest BCUT2D eigenvalue weighted by Crippen LogP contribution is -2.38. The number of fused-ring (bicyclic) bond motifs is 1. The van der Waals surface area contributed by atoms with Crippen molar-refractivity contribution in [2.75, 3.05) is 6.54 Å². The lowest BCUT2D eigenvalue weighted by atomic mass is 9.79. The maximum atomic E-state index is 6.71. The van der Waals surface area contributed by atoms with Crippen molar-refractivity contribution in [1.29, 1.82) is 0 Å². The van der Waals surface area contributed by atoms with Crippen molar-refractivity contribution in [1.82, 2.24) is 5.32 Å². The predicted molar refractivity (Wildman–Crippen MR) is 109 cm³/mol. The maximum Gasteiger partial charge on any atom is 0.102 e. The van der Waals surface area contributed by atoms with Crippen LogP contribution in [0.2, 0.25) is 0 Å². The van der Waals surface area contributed by atoms with Gasteiger partial charge in [-0.2, -0.15) is 0 Å². The van der Waals surface area contributed by atoms with E-state index in [9.17, 15) is 0 Å². The molecule has 0 amide bonds. The van der Waals surface area contributed by atoms with Crippen molar-refractivity contribution in [3.05, 3.63) is 23.5 Å². The molecule has 2 unspecified atom stereocenters. The SMILES string of the molecule is C1=C(C2CCCCCCC2)C=C(OC2CCCCC2)C2CCCCNC12. The van der Waals surface area contributed by atoms with Gasteiger partial charge in [-0.05, 0) is 75.5 Å². The molecule has 4 aliphatic rings. The smallest absolute Gasteiger partial charge is 0.102 e. The first-order valence-electron chi connectivity index (χ1n) is 11.7. The number of hydrogen-bond acceptors (Lipinski definition) is 2. The number of rotatable bonds is 3. The van der Waals surface area contributed by atoms with E-state index in [4.69, 9.17) is 4.74 Å². The summed E-state index contributed by atoms with van der Waals surface area (Å²) in [5.41, 5.74) is 1.60. The van der Waals surface area contributed by atoms with Crippen LogP contribution in [0.4, 0.5) is 0 Å². The molecule has 1 heterocycles. The van der Waals surface area contributed by atoms with E-state index in [1.165, 1.54) is 109 Å². The molecule has 3 aliphatic carbocycles. The molecule has 0 radical (unpaired) electrons. The van der Waals surface area contributed by atoms with E-state index in [2.05, 4.69) is 17.5 Å². The Morgan fingerprint density at radius 3 is 2.19 bits per heavy atom. The highest BCUT2D eigenvalue weighted by Gasteiger charge is 2.33. The Hall–Kier alpha value is -0.760. The third kappa shape index (κ3) is 4.74. The number of nitrogens with one attached hydrogen (secondary N) is 1. The van der Waals surface area contributed by atoms with Gasteiger partial charge in [-0.3, -0.25) is 0 Å². The van der Waals surface area contributed by atoms with Crippen molar-refractivity contribution in [2.24, 2.45) is 11.8 Å². The van der Waals surface area contributed by atoms with Crippen molar-refractivity contribution < 1.29 is 4.74 Å². The highest BCUT2D eigenvalue weighted by Crippen LogP contribution is 2.38. The first-order chi connectivity index (χ1) is 12.9. The molecule has 0 aromatic carbocycles. The Balaban J connectivity index is 1.53. The summed E-state index contributed by atoms with van der Waals surface area (Å²) >= 11 is 0. The Bertz CT molecular complexity index is 494. The summed E-state index contributed by atoms with van der Waals surface area (Å²) in [6, 6.07) is 0.515.